The lowest BCUT2D eigenvalue weighted by molar-refractivity contribution is -0.122. The van der Waals surface area contributed by atoms with Gasteiger partial charge in [-0.2, -0.15) is 4.72 Å². The summed E-state index contributed by atoms with van der Waals surface area (Å²) in [6.07, 6.45) is 0. The van der Waals surface area contributed by atoms with E-state index >= 15 is 0 Å². The highest BCUT2D eigenvalue weighted by Crippen LogP contribution is 2.13. The lowest BCUT2D eigenvalue weighted by atomic mass is 10.2. The van der Waals surface area contributed by atoms with E-state index in [1.54, 1.807) is 0 Å². The Morgan fingerprint density at radius 3 is 2.24 bits per heavy atom. The molecule has 8 heteroatoms. The minimum atomic E-state index is -3.75. The van der Waals surface area contributed by atoms with Crippen LogP contribution < -0.4 is 21.3 Å². The maximum atomic E-state index is 12.1. The van der Waals surface area contributed by atoms with Gasteiger partial charge in [-0.15, -0.1) is 0 Å². The van der Waals surface area contributed by atoms with E-state index in [0.29, 0.717) is 18.2 Å². The van der Waals surface area contributed by atoms with Crippen LogP contribution in [-0.4, -0.2) is 26.9 Å². The normalized spacial score (nSPS) is 13.0. The van der Waals surface area contributed by atoms with Crippen LogP contribution in [0.1, 0.15) is 20.8 Å². The number of hydrazine groups is 1. The van der Waals surface area contributed by atoms with Gasteiger partial charge in [0.25, 0.3) is 0 Å². The maximum absolute atomic E-state index is 12.1. The highest BCUT2D eigenvalue weighted by Gasteiger charge is 2.21. The van der Waals surface area contributed by atoms with Gasteiger partial charge in [-0.05, 0) is 37.1 Å². The lowest BCUT2D eigenvalue weighted by Crippen LogP contribution is -2.45. The summed E-state index contributed by atoms with van der Waals surface area (Å²) in [7, 11) is -3.75. The van der Waals surface area contributed by atoms with Gasteiger partial charge in [-0.25, -0.2) is 8.42 Å². The second kappa shape index (κ2) is 7.39. The highest BCUT2D eigenvalue weighted by molar-refractivity contribution is 7.89. The highest BCUT2D eigenvalue weighted by atomic mass is 32.2. The van der Waals surface area contributed by atoms with Gasteiger partial charge in [0.05, 0.1) is 10.9 Å². The molecule has 1 rings (SSSR count). The summed E-state index contributed by atoms with van der Waals surface area (Å²) in [5.74, 6) is 5.17. The van der Waals surface area contributed by atoms with Crippen LogP contribution in [0.5, 0.6) is 0 Å². The standard InChI is InChI=1S/C13H22N4O3S/c1-9(2)8-15-13(18)10(3)17-21(19,20)12-6-4-11(16-14)5-7-12/h4-7,9-10,16-17H,8,14H2,1-3H3,(H,15,18). The molecule has 1 amide bonds. The van der Waals surface area contributed by atoms with Crippen molar-refractivity contribution in [1.82, 2.24) is 10.0 Å². The number of rotatable bonds is 7. The van der Waals surface area contributed by atoms with E-state index in [1.807, 2.05) is 13.8 Å². The largest absolute Gasteiger partial charge is 0.354 e. The molecule has 0 aliphatic rings. The molecule has 0 fully saturated rings. The Hall–Kier alpha value is -1.64. The van der Waals surface area contributed by atoms with Crippen molar-refractivity contribution in [3.8, 4) is 0 Å². The molecule has 7 nitrogen and oxygen atoms in total. The summed E-state index contributed by atoms with van der Waals surface area (Å²) in [6, 6.07) is 5.06. The minimum Gasteiger partial charge on any atom is -0.354 e. The molecule has 118 valence electrons. The molecule has 0 bridgehead atoms. The molecular formula is C13H22N4O3S. The average Bonchev–Trinajstić information content (AvgIpc) is 2.44. The number of anilines is 1. The van der Waals surface area contributed by atoms with Crippen LogP contribution in [0, 0.1) is 5.92 Å². The third-order valence-corrected chi connectivity index (χ3v) is 4.30. The number of hydrogen-bond donors (Lipinski definition) is 4. The Morgan fingerprint density at radius 1 is 1.19 bits per heavy atom. The summed E-state index contributed by atoms with van der Waals surface area (Å²) < 4.78 is 26.6. The molecule has 0 heterocycles. The van der Waals surface area contributed by atoms with E-state index < -0.39 is 16.1 Å². The van der Waals surface area contributed by atoms with E-state index in [2.05, 4.69) is 15.5 Å². The Labute approximate surface area is 125 Å². The van der Waals surface area contributed by atoms with Crippen molar-refractivity contribution < 1.29 is 13.2 Å². The fraction of sp³-hybridized carbons (Fsp3) is 0.462. The van der Waals surface area contributed by atoms with Gasteiger partial charge in [0.15, 0.2) is 0 Å². The predicted molar refractivity (Wildman–Crippen MR) is 81.9 cm³/mol. The molecule has 0 aliphatic heterocycles. The number of amides is 1. The molecule has 1 unspecified atom stereocenters. The van der Waals surface area contributed by atoms with E-state index in [1.165, 1.54) is 31.2 Å². The first kappa shape index (κ1) is 17.4. The van der Waals surface area contributed by atoms with Crippen molar-refractivity contribution in [3.05, 3.63) is 24.3 Å². The van der Waals surface area contributed by atoms with Crippen LogP contribution in [-0.2, 0) is 14.8 Å². The zero-order valence-corrected chi connectivity index (χ0v) is 13.2. The van der Waals surface area contributed by atoms with Crippen molar-refractivity contribution in [2.24, 2.45) is 11.8 Å². The molecule has 0 radical (unpaired) electrons. The van der Waals surface area contributed by atoms with Crippen LogP contribution in [0.15, 0.2) is 29.2 Å². The summed E-state index contributed by atoms with van der Waals surface area (Å²) in [5, 5.41) is 2.68. The SMILES string of the molecule is CC(C)CNC(=O)C(C)NS(=O)(=O)c1ccc(NN)cc1. The molecule has 0 aliphatic carbocycles. The molecular weight excluding hydrogens is 292 g/mol. The topological polar surface area (TPSA) is 113 Å². The monoisotopic (exact) mass is 314 g/mol. The number of nitrogens with one attached hydrogen (secondary N) is 3. The second-order valence-corrected chi connectivity index (χ2v) is 6.86. The molecule has 21 heavy (non-hydrogen) atoms. The molecule has 1 atom stereocenters. The van der Waals surface area contributed by atoms with Crippen molar-refractivity contribution in [2.45, 2.75) is 31.7 Å². The number of sulfonamides is 1. The first-order chi connectivity index (χ1) is 9.76. The van der Waals surface area contributed by atoms with Gasteiger partial charge < -0.3 is 10.7 Å². The summed E-state index contributed by atoms with van der Waals surface area (Å²) in [6.45, 7) is 5.93. The van der Waals surface area contributed by atoms with Crippen molar-refractivity contribution in [2.75, 3.05) is 12.0 Å². The first-order valence-electron chi connectivity index (χ1n) is 6.63. The Balaban J connectivity index is 2.72. The average molecular weight is 314 g/mol. The van der Waals surface area contributed by atoms with Gasteiger partial charge in [0, 0.05) is 12.2 Å². The number of nitrogens with two attached hydrogens (primary N) is 1. The summed E-state index contributed by atoms with van der Waals surface area (Å²) in [4.78, 5) is 11.9. The third-order valence-electron chi connectivity index (χ3n) is 2.74. The Bertz CT molecular complexity index is 570. The number of hydrogen-bond acceptors (Lipinski definition) is 5. The Morgan fingerprint density at radius 2 is 1.76 bits per heavy atom. The quantitative estimate of drug-likeness (QED) is 0.430. The first-order valence-corrected chi connectivity index (χ1v) is 8.11. The van der Waals surface area contributed by atoms with Gasteiger partial charge in [0.1, 0.15) is 0 Å². The lowest BCUT2D eigenvalue weighted by Gasteiger charge is -2.15. The zero-order chi connectivity index (χ0) is 16.0. The van der Waals surface area contributed by atoms with Crippen LogP contribution in [0.3, 0.4) is 0 Å². The summed E-state index contributed by atoms with van der Waals surface area (Å²) in [5.41, 5.74) is 3.01. The maximum Gasteiger partial charge on any atom is 0.241 e. The van der Waals surface area contributed by atoms with Crippen LogP contribution in [0.2, 0.25) is 0 Å². The van der Waals surface area contributed by atoms with Crippen LogP contribution in [0.4, 0.5) is 5.69 Å². The number of carbonyl (C=O) groups is 1. The number of nitrogen functional groups attached to an aromatic ring is 1. The second-order valence-electron chi connectivity index (χ2n) is 5.15. The minimum absolute atomic E-state index is 0.0741. The molecule has 0 saturated heterocycles. The zero-order valence-electron chi connectivity index (χ0n) is 12.4. The van der Waals surface area contributed by atoms with E-state index in [9.17, 15) is 13.2 Å². The smallest absolute Gasteiger partial charge is 0.241 e. The molecule has 1 aromatic rings. The molecule has 0 spiro atoms. The molecule has 5 N–H and O–H groups in total. The van der Waals surface area contributed by atoms with E-state index in [4.69, 9.17) is 5.84 Å². The van der Waals surface area contributed by atoms with Gasteiger partial charge in [-0.3, -0.25) is 10.6 Å². The van der Waals surface area contributed by atoms with Crippen LogP contribution in [0.25, 0.3) is 0 Å². The van der Waals surface area contributed by atoms with Gasteiger partial charge in [0.2, 0.25) is 15.9 Å². The summed E-state index contributed by atoms with van der Waals surface area (Å²) >= 11 is 0. The molecule has 0 aromatic heterocycles. The van der Waals surface area contributed by atoms with Crippen molar-refractivity contribution in [3.63, 3.8) is 0 Å². The van der Waals surface area contributed by atoms with Crippen molar-refractivity contribution in [1.29, 1.82) is 0 Å². The van der Waals surface area contributed by atoms with Gasteiger partial charge in [-0.1, -0.05) is 13.8 Å². The van der Waals surface area contributed by atoms with E-state index in [-0.39, 0.29) is 10.8 Å². The number of carbonyl (C=O) groups excluding carboxylic acids is 1. The fourth-order valence-electron chi connectivity index (χ4n) is 1.54. The third kappa shape index (κ3) is 5.33. The fourth-order valence-corrected chi connectivity index (χ4v) is 2.75. The predicted octanol–water partition coefficient (Wildman–Crippen LogP) is 0.411. The molecule has 0 saturated carbocycles. The molecule has 1 aromatic carbocycles. The number of benzene rings is 1. The van der Waals surface area contributed by atoms with E-state index in [0.717, 1.165) is 0 Å². The van der Waals surface area contributed by atoms with Gasteiger partial charge >= 0.3 is 0 Å². The Kier molecular flexibility index (Phi) is 6.13. The van der Waals surface area contributed by atoms with Crippen LogP contribution >= 0.6 is 0 Å². The van der Waals surface area contributed by atoms with Crippen molar-refractivity contribution >= 4 is 21.6 Å².